The van der Waals surface area contributed by atoms with Crippen LogP contribution in [-0.4, -0.2) is 15.0 Å². The van der Waals surface area contributed by atoms with Crippen LogP contribution in [0.5, 0.6) is 0 Å². The van der Waals surface area contributed by atoms with Crippen molar-refractivity contribution in [2.45, 2.75) is 0 Å². The van der Waals surface area contributed by atoms with Crippen molar-refractivity contribution in [3.8, 4) is 0 Å². The fourth-order valence-electron chi connectivity index (χ4n) is 0.887. The van der Waals surface area contributed by atoms with E-state index in [2.05, 4.69) is 15.0 Å². The Kier molecular flexibility index (Phi) is 1.22. The first-order valence-electron chi connectivity index (χ1n) is 3.02. The van der Waals surface area contributed by atoms with Gasteiger partial charge in [0.15, 0.2) is 5.65 Å². The Morgan fingerprint density at radius 2 is 2.36 bits per heavy atom. The van der Waals surface area contributed by atoms with Crippen LogP contribution in [0.15, 0.2) is 12.3 Å². The average molecular weight is 169 g/mol. The van der Waals surface area contributed by atoms with Gasteiger partial charge < -0.3 is 10.7 Å². The zero-order valence-electron chi connectivity index (χ0n) is 5.50. The molecule has 0 spiro atoms. The number of imidazole rings is 1. The van der Waals surface area contributed by atoms with Crippen molar-refractivity contribution in [3.05, 3.63) is 17.5 Å². The predicted octanol–water partition coefficient (Wildman–Crippen LogP) is 1.19. The van der Waals surface area contributed by atoms with Gasteiger partial charge in [0.25, 0.3) is 0 Å². The van der Waals surface area contributed by atoms with Crippen LogP contribution in [-0.2, 0) is 0 Å². The molecule has 0 aliphatic heterocycles. The Labute approximate surface area is 67.4 Å². The lowest BCUT2D eigenvalue weighted by atomic mass is 10.4. The quantitative estimate of drug-likeness (QED) is 0.621. The lowest BCUT2D eigenvalue weighted by molar-refractivity contribution is 1.30. The summed E-state index contributed by atoms with van der Waals surface area (Å²) in [4.78, 5) is 10.7. The van der Waals surface area contributed by atoms with Crippen molar-refractivity contribution in [1.29, 1.82) is 0 Å². The highest BCUT2D eigenvalue weighted by Crippen LogP contribution is 2.13. The molecule has 11 heavy (non-hydrogen) atoms. The van der Waals surface area contributed by atoms with Crippen LogP contribution in [0, 0.1) is 0 Å². The number of aromatic amines is 1. The maximum Gasteiger partial charge on any atom is 0.202 e. The Balaban J connectivity index is 2.82. The van der Waals surface area contributed by atoms with Gasteiger partial charge in [-0.25, -0.2) is 4.98 Å². The van der Waals surface area contributed by atoms with Gasteiger partial charge in [-0.15, -0.1) is 0 Å². The standard InChI is InChI=1S/C6H5ClN4/c7-6-10-4-1-3(8)2-9-5(4)11-6/h1-2H,8H2,(H,9,10,11). The van der Waals surface area contributed by atoms with Crippen molar-refractivity contribution in [3.63, 3.8) is 0 Å². The van der Waals surface area contributed by atoms with Crippen LogP contribution in [0.2, 0.25) is 5.28 Å². The lowest BCUT2D eigenvalue weighted by Gasteiger charge is -1.88. The fourth-order valence-corrected chi connectivity index (χ4v) is 1.07. The van der Waals surface area contributed by atoms with Gasteiger partial charge in [0.1, 0.15) is 0 Å². The van der Waals surface area contributed by atoms with E-state index >= 15 is 0 Å². The Morgan fingerprint density at radius 1 is 1.55 bits per heavy atom. The van der Waals surface area contributed by atoms with E-state index in [0.717, 1.165) is 5.52 Å². The first kappa shape index (κ1) is 6.42. The van der Waals surface area contributed by atoms with E-state index in [-0.39, 0.29) is 0 Å². The first-order valence-corrected chi connectivity index (χ1v) is 3.40. The topological polar surface area (TPSA) is 67.6 Å². The zero-order chi connectivity index (χ0) is 7.84. The summed E-state index contributed by atoms with van der Waals surface area (Å²) in [5.74, 6) is 0. The molecule has 0 saturated carbocycles. The Bertz CT molecular complexity index is 394. The maximum atomic E-state index is 5.59. The number of hydrogen-bond acceptors (Lipinski definition) is 3. The summed E-state index contributed by atoms with van der Waals surface area (Å²) in [6, 6.07) is 1.74. The Morgan fingerprint density at radius 3 is 3.18 bits per heavy atom. The number of hydrogen-bond donors (Lipinski definition) is 2. The van der Waals surface area contributed by atoms with Crippen molar-refractivity contribution in [1.82, 2.24) is 15.0 Å². The minimum Gasteiger partial charge on any atom is -0.397 e. The molecule has 0 radical (unpaired) electrons. The number of rotatable bonds is 0. The smallest absolute Gasteiger partial charge is 0.202 e. The highest BCUT2D eigenvalue weighted by molar-refractivity contribution is 6.29. The molecular weight excluding hydrogens is 164 g/mol. The summed E-state index contributed by atoms with van der Waals surface area (Å²) in [5, 5.41) is 0.332. The highest BCUT2D eigenvalue weighted by atomic mass is 35.5. The summed E-state index contributed by atoms with van der Waals surface area (Å²) in [5.41, 5.74) is 7.42. The third kappa shape index (κ3) is 1.01. The van der Waals surface area contributed by atoms with Gasteiger partial charge in [0, 0.05) is 0 Å². The molecule has 2 aromatic rings. The Hall–Kier alpha value is -1.29. The molecule has 0 saturated heterocycles. The number of pyridine rings is 1. The van der Waals surface area contributed by atoms with Crippen molar-refractivity contribution >= 4 is 28.5 Å². The molecule has 0 bridgehead atoms. The monoisotopic (exact) mass is 168 g/mol. The molecule has 0 aliphatic carbocycles. The predicted molar refractivity (Wildman–Crippen MR) is 43.3 cm³/mol. The molecule has 0 atom stereocenters. The van der Waals surface area contributed by atoms with Crippen LogP contribution < -0.4 is 5.73 Å². The fraction of sp³-hybridized carbons (Fsp3) is 0. The summed E-state index contributed by atoms with van der Waals surface area (Å²) in [7, 11) is 0. The highest BCUT2D eigenvalue weighted by Gasteiger charge is 2.00. The van der Waals surface area contributed by atoms with E-state index in [0.29, 0.717) is 16.6 Å². The van der Waals surface area contributed by atoms with E-state index < -0.39 is 0 Å². The van der Waals surface area contributed by atoms with E-state index in [9.17, 15) is 0 Å². The summed E-state index contributed by atoms with van der Waals surface area (Å²) in [6.07, 6.45) is 1.54. The second kappa shape index (κ2) is 2.10. The van der Waals surface area contributed by atoms with Gasteiger partial charge in [-0.3, -0.25) is 0 Å². The minimum absolute atomic E-state index is 0.332. The number of anilines is 1. The number of nitrogen functional groups attached to an aromatic ring is 1. The summed E-state index contributed by atoms with van der Waals surface area (Å²) in [6.45, 7) is 0. The van der Waals surface area contributed by atoms with Crippen LogP contribution in [0.3, 0.4) is 0 Å². The van der Waals surface area contributed by atoms with Crippen LogP contribution in [0.1, 0.15) is 0 Å². The van der Waals surface area contributed by atoms with Crippen molar-refractivity contribution in [2.75, 3.05) is 5.73 Å². The molecular formula is C6H5ClN4. The number of fused-ring (bicyclic) bond motifs is 1. The van der Waals surface area contributed by atoms with Crippen LogP contribution in [0.4, 0.5) is 5.69 Å². The molecule has 0 fully saturated rings. The number of H-pyrrole nitrogens is 1. The largest absolute Gasteiger partial charge is 0.397 e. The number of nitrogens with zero attached hydrogens (tertiary/aromatic N) is 2. The molecule has 4 nitrogen and oxygen atoms in total. The number of nitrogens with one attached hydrogen (secondary N) is 1. The van der Waals surface area contributed by atoms with E-state index in [1.165, 1.54) is 0 Å². The molecule has 0 amide bonds. The third-order valence-electron chi connectivity index (χ3n) is 1.33. The summed E-state index contributed by atoms with van der Waals surface area (Å²) < 4.78 is 0. The molecule has 2 aromatic heterocycles. The second-order valence-corrected chi connectivity index (χ2v) is 2.53. The first-order chi connectivity index (χ1) is 5.25. The molecule has 2 heterocycles. The number of nitrogens with two attached hydrogens (primary N) is 1. The molecule has 0 aliphatic rings. The van der Waals surface area contributed by atoms with Crippen LogP contribution >= 0.6 is 11.6 Å². The molecule has 0 aromatic carbocycles. The number of aromatic nitrogens is 3. The summed E-state index contributed by atoms with van der Waals surface area (Å²) >= 11 is 5.59. The van der Waals surface area contributed by atoms with Gasteiger partial charge in [0.2, 0.25) is 5.28 Å². The van der Waals surface area contributed by atoms with Crippen molar-refractivity contribution < 1.29 is 0 Å². The molecule has 0 unspecified atom stereocenters. The SMILES string of the molecule is Nc1cnc2nc(Cl)[nH]c2c1. The zero-order valence-corrected chi connectivity index (χ0v) is 6.26. The van der Waals surface area contributed by atoms with Gasteiger partial charge >= 0.3 is 0 Å². The van der Waals surface area contributed by atoms with Gasteiger partial charge in [-0.05, 0) is 17.7 Å². The second-order valence-electron chi connectivity index (χ2n) is 2.17. The number of halogens is 1. The van der Waals surface area contributed by atoms with Crippen LogP contribution in [0.25, 0.3) is 11.2 Å². The maximum absolute atomic E-state index is 5.59. The van der Waals surface area contributed by atoms with Gasteiger partial charge in [-0.1, -0.05) is 0 Å². The third-order valence-corrected chi connectivity index (χ3v) is 1.51. The van der Waals surface area contributed by atoms with Gasteiger partial charge in [-0.2, -0.15) is 4.98 Å². The molecule has 5 heteroatoms. The molecule has 2 rings (SSSR count). The van der Waals surface area contributed by atoms with Gasteiger partial charge in [0.05, 0.1) is 17.4 Å². The van der Waals surface area contributed by atoms with E-state index in [1.807, 2.05) is 0 Å². The molecule has 56 valence electrons. The minimum atomic E-state index is 0.332. The van der Waals surface area contributed by atoms with E-state index in [4.69, 9.17) is 17.3 Å². The lowest BCUT2D eigenvalue weighted by Crippen LogP contribution is -1.85. The normalized spacial score (nSPS) is 10.6. The average Bonchev–Trinajstić information content (AvgIpc) is 2.27. The van der Waals surface area contributed by atoms with Crippen molar-refractivity contribution in [2.24, 2.45) is 0 Å². The molecule has 3 N–H and O–H groups in total. The van der Waals surface area contributed by atoms with E-state index in [1.54, 1.807) is 12.3 Å².